The number of alkyl carbamates (subject to hydrolysis) is 1. The lowest BCUT2D eigenvalue weighted by atomic mass is 10.1. The Hall–Kier alpha value is -3.35. The predicted molar refractivity (Wildman–Crippen MR) is 98.6 cm³/mol. The van der Waals surface area contributed by atoms with E-state index >= 15 is 0 Å². The summed E-state index contributed by atoms with van der Waals surface area (Å²) in [4.78, 5) is 36.3. The monoisotopic (exact) mass is 370 g/mol. The van der Waals surface area contributed by atoms with Crippen molar-refractivity contribution in [2.45, 2.75) is 25.6 Å². The molecule has 2 aromatic carbocycles. The summed E-state index contributed by atoms with van der Waals surface area (Å²) >= 11 is 0. The summed E-state index contributed by atoms with van der Waals surface area (Å²) in [5.41, 5.74) is 1.39. The Morgan fingerprint density at radius 2 is 1.52 bits per heavy atom. The molecule has 0 aliphatic carbocycles. The largest absolute Gasteiger partial charge is 0.467 e. The second kappa shape index (κ2) is 9.96. The lowest BCUT2D eigenvalue weighted by Gasteiger charge is -2.20. The fourth-order valence-electron chi connectivity index (χ4n) is 2.36. The number of carbonyl (C=O) groups excluding carboxylic acids is 3. The third-order valence-electron chi connectivity index (χ3n) is 3.78. The van der Waals surface area contributed by atoms with Gasteiger partial charge in [0, 0.05) is 0 Å². The van der Waals surface area contributed by atoms with Gasteiger partial charge in [0.1, 0.15) is 18.7 Å². The molecule has 27 heavy (non-hydrogen) atoms. The van der Waals surface area contributed by atoms with E-state index < -0.39 is 30.1 Å². The van der Waals surface area contributed by atoms with Gasteiger partial charge in [-0.15, -0.1) is 0 Å². The summed E-state index contributed by atoms with van der Waals surface area (Å²) in [5.74, 6) is -1.13. The van der Waals surface area contributed by atoms with Crippen LogP contribution in [-0.4, -0.2) is 31.1 Å². The Kier molecular flexibility index (Phi) is 7.37. The van der Waals surface area contributed by atoms with Gasteiger partial charge in [-0.2, -0.15) is 0 Å². The van der Waals surface area contributed by atoms with Crippen LogP contribution in [0.5, 0.6) is 0 Å². The Balaban J connectivity index is 2.05. The van der Waals surface area contributed by atoms with Crippen LogP contribution in [-0.2, 0) is 25.7 Å². The van der Waals surface area contributed by atoms with Crippen LogP contribution < -0.4 is 10.6 Å². The van der Waals surface area contributed by atoms with Gasteiger partial charge >= 0.3 is 12.1 Å². The third-order valence-corrected chi connectivity index (χ3v) is 3.78. The maximum atomic E-state index is 12.6. The maximum Gasteiger partial charge on any atom is 0.408 e. The number of ether oxygens (including phenoxy) is 2. The zero-order chi connectivity index (χ0) is 19.6. The van der Waals surface area contributed by atoms with Crippen molar-refractivity contribution in [1.82, 2.24) is 10.6 Å². The number of methoxy groups -OCH3 is 1. The molecule has 0 bridgehead atoms. The highest BCUT2D eigenvalue weighted by molar-refractivity contribution is 5.90. The molecule has 2 atom stereocenters. The van der Waals surface area contributed by atoms with Crippen molar-refractivity contribution in [3.63, 3.8) is 0 Å². The first-order chi connectivity index (χ1) is 13.0. The molecule has 0 saturated carbocycles. The minimum absolute atomic E-state index is 0.0777. The van der Waals surface area contributed by atoms with Crippen LogP contribution in [0.25, 0.3) is 0 Å². The van der Waals surface area contributed by atoms with Crippen LogP contribution in [0.1, 0.15) is 24.1 Å². The van der Waals surface area contributed by atoms with Crippen LogP contribution in [0.3, 0.4) is 0 Å². The minimum Gasteiger partial charge on any atom is -0.467 e. The molecule has 0 aliphatic rings. The molecule has 2 N–H and O–H groups in total. The van der Waals surface area contributed by atoms with Gasteiger partial charge in [0.25, 0.3) is 0 Å². The highest BCUT2D eigenvalue weighted by Gasteiger charge is 2.26. The van der Waals surface area contributed by atoms with Crippen LogP contribution in [0.2, 0.25) is 0 Å². The molecule has 142 valence electrons. The van der Waals surface area contributed by atoms with E-state index in [0.29, 0.717) is 5.56 Å². The Morgan fingerprint density at radius 1 is 0.926 bits per heavy atom. The van der Waals surface area contributed by atoms with Crippen molar-refractivity contribution in [2.75, 3.05) is 7.11 Å². The normalized spacial score (nSPS) is 12.4. The van der Waals surface area contributed by atoms with Gasteiger partial charge in [-0.05, 0) is 18.1 Å². The number of carbonyl (C=O) groups is 3. The van der Waals surface area contributed by atoms with E-state index in [1.807, 2.05) is 30.3 Å². The molecule has 0 heterocycles. The average Bonchev–Trinajstić information content (AvgIpc) is 2.71. The first-order valence-corrected chi connectivity index (χ1v) is 8.41. The molecule has 0 aliphatic heterocycles. The highest BCUT2D eigenvalue weighted by atomic mass is 16.5. The summed E-state index contributed by atoms with van der Waals surface area (Å²) in [6, 6.07) is 16.0. The topological polar surface area (TPSA) is 93.7 Å². The predicted octanol–water partition coefficient (Wildman–Crippen LogP) is 2.33. The summed E-state index contributed by atoms with van der Waals surface area (Å²) in [5, 5.41) is 5.06. The maximum absolute atomic E-state index is 12.6. The summed E-state index contributed by atoms with van der Waals surface area (Å²) in [6.07, 6.45) is -0.742. The van der Waals surface area contributed by atoms with Crippen molar-refractivity contribution in [2.24, 2.45) is 0 Å². The van der Waals surface area contributed by atoms with Crippen molar-refractivity contribution in [3.05, 3.63) is 71.8 Å². The number of amides is 2. The second-order valence-corrected chi connectivity index (χ2v) is 5.80. The van der Waals surface area contributed by atoms with Gasteiger partial charge in [-0.3, -0.25) is 4.79 Å². The number of benzene rings is 2. The van der Waals surface area contributed by atoms with Crippen molar-refractivity contribution >= 4 is 18.0 Å². The molecule has 0 spiro atoms. The number of esters is 1. The van der Waals surface area contributed by atoms with Crippen LogP contribution >= 0.6 is 0 Å². The SMILES string of the molecule is COC(=O)[C@H](C)NC(=O)[C@@H](NC(=O)OCc1ccccc1)c1ccccc1. The molecule has 7 nitrogen and oxygen atoms in total. The van der Waals surface area contributed by atoms with Crippen LogP contribution in [0, 0.1) is 0 Å². The van der Waals surface area contributed by atoms with Gasteiger partial charge in [-0.1, -0.05) is 60.7 Å². The second-order valence-electron chi connectivity index (χ2n) is 5.80. The first-order valence-electron chi connectivity index (χ1n) is 8.41. The average molecular weight is 370 g/mol. The molecule has 0 saturated heterocycles. The van der Waals surface area contributed by atoms with Gasteiger partial charge in [-0.25, -0.2) is 9.59 Å². The molecule has 7 heteroatoms. The standard InChI is InChI=1S/C20H22N2O5/c1-14(19(24)26-2)21-18(23)17(16-11-7-4-8-12-16)22-20(25)27-13-15-9-5-3-6-10-15/h3-12,14,17H,13H2,1-2H3,(H,21,23)(H,22,25)/t14-,17-/m0/s1. The number of hydrogen-bond donors (Lipinski definition) is 2. The van der Waals surface area contributed by atoms with Crippen molar-refractivity contribution < 1.29 is 23.9 Å². The Bertz CT molecular complexity index is 764. The first kappa shape index (κ1) is 20.0. The van der Waals surface area contributed by atoms with E-state index in [-0.39, 0.29) is 6.61 Å². The molecular formula is C20H22N2O5. The van der Waals surface area contributed by atoms with Gasteiger partial charge in [0.2, 0.25) is 5.91 Å². The molecule has 2 rings (SSSR count). The molecule has 0 fully saturated rings. The lowest BCUT2D eigenvalue weighted by Crippen LogP contribution is -2.46. The number of hydrogen-bond acceptors (Lipinski definition) is 5. The fourth-order valence-corrected chi connectivity index (χ4v) is 2.36. The van der Waals surface area contributed by atoms with Crippen LogP contribution in [0.15, 0.2) is 60.7 Å². The van der Waals surface area contributed by atoms with E-state index in [0.717, 1.165) is 5.56 Å². The van der Waals surface area contributed by atoms with E-state index in [2.05, 4.69) is 15.4 Å². The summed E-state index contributed by atoms with van der Waals surface area (Å²) in [6.45, 7) is 1.58. The zero-order valence-corrected chi connectivity index (χ0v) is 15.2. The van der Waals surface area contributed by atoms with E-state index in [1.54, 1.807) is 30.3 Å². The van der Waals surface area contributed by atoms with E-state index in [1.165, 1.54) is 14.0 Å². The van der Waals surface area contributed by atoms with Crippen molar-refractivity contribution in [1.29, 1.82) is 0 Å². The Morgan fingerprint density at radius 3 is 2.11 bits per heavy atom. The lowest BCUT2D eigenvalue weighted by molar-refractivity contribution is -0.144. The highest BCUT2D eigenvalue weighted by Crippen LogP contribution is 2.14. The quantitative estimate of drug-likeness (QED) is 0.730. The molecule has 0 radical (unpaired) electrons. The number of rotatable bonds is 7. The van der Waals surface area contributed by atoms with Crippen LogP contribution in [0.4, 0.5) is 4.79 Å². The third kappa shape index (κ3) is 6.14. The molecular weight excluding hydrogens is 348 g/mol. The van der Waals surface area contributed by atoms with Gasteiger partial charge < -0.3 is 20.1 Å². The summed E-state index contributed by atoms with van der Waals surface area (Å²) < 4.78 is 9.78. The molecule has 2 amide bonds. The van der Waals surface area contributed by atoms with Gasteiger partial charge in [0.05, 0.1) is 7.11 Å². The zero-order valence-electron chi connectivity index (χ0n) is 15.2. The Labute approximate surface area is 157 Å². The van der Waals surface area contributed by atoms with E-state index in [9.17, 15) is 14.4 Å². The number of nitrogens with one attached hydrogen (secondary N) is 2. The van der Waals surface area contributed by atoms with Gasteiger partial charge in [0.15, 0.2) is 0 Å². The summed E-state index contributed by atoms with van der Waals surface area (Å²) in [7, 11) is 1.23. The van der Waals surface area contributed by atoms with Crippen molar-refractivity contribution in [3.8, 4) is 0 Å². The molecule has 0 unspecified atom stereocenters. The van der Waals surface area contributed by atoms with E-state index in [4.69, 9.17) is 4.74 Å². The molecule has 2 aromatic rings. The minimum atomic E-state index is -1.01. The molecule has 0 aromatic heterocycles. The smallest absolute Gasteiger partial charge is 0.408 e. The fraction of sp³-hybridized carbons (Fsp3) is 0.250.